The lowest BCUT2D eigenvalue weighted by atomic mass is 9.98. The maximum absolute atomic E-state index is 12.7. The van der Waals surface area contributed by atoms with Gasteiger partial charge in [-0.25, -0.2) is 8.42 Å². The highest BCUT2D eigenvalue weighted by Gasteiger charge is 2.34. The lowest BCUT2D eigenvalue weighted by Gasteiger charge is -2.28. The molecule has 6 heteroatoms. The molecule has 2 rings (SSSR count). The third kappa shape index (κ3) is 5.21. The number of nitrogens with zero attached hydrogens (tertiary/aromatic N) is 1. The van der Waals surface area contributed by atoms with Gasteiger partial charge in [-0.1, -0.05) is 39.0 Å². The SMILES string of the molecule is CCCN(C(=O)COc1ccccc1C(C)CC)C1CCS(=O)(=O)C1. The van der Waals surface area contributed by atoms with Crippen LogP contribution in [-0.2, 0) is 14.6 Å². The molecule has 0 bridgehead atoms. The summed E-state index contributed by atoms with van der Waals surface area (Å²) in [6.45, 7) is 6.76. The van der Waals surface area contributed by atoms with E-state index >= 15 is 0 Å². The summed E-state index contributed by atoms with van der Waals surface area (Å²) in [6, 6.07) is 7.58. The van der Waals surface area contributed by atoms with Crippen molar-refractivity contribution in [3.8, 4) is 5.75 Å². The molecular weight excluding hydrogens is 338 g/mol. The molecule has 1 saturated heterocycles. The standard InChI is InChI=1S/C19H29NO4S/c1-4-11-20(16-10-12-25(22,23)14-16)19(21)13-24-18-9-7-6-8-17(18)15(3)5-2/h6-9,15-16H,4-5,10-14H2,1-3H3. The molecule has 0 saturated carbocycles. The Hall–Kier alpha value is -1.56. The van der Waals surface area contributed by atoms with Crippen LogP contribution in [0, 0.1) is 0 Å². The van der Waals surface area contributed by atoms with Crippen molar-refractivity contribution in [2.24, 2.45) is 0 Å². The van der Waals surface area contributed by atoms with Crippen molar-refractivity contribution in [3.63, 3.8) is 0 Å². The normalized spacial score (nSPS) is 20.2. The number of carbonyl (C=O) groups excluding carboxylic acids is 1. The number of rotatable bonds is 8. The lowest BCUT2D eigenvalue weighted by molar-refractivity contribution is -0.135. The minimum atomic E-state index is -3.02. The lowest BCUT2D eigenvalue weighted by Crippen LogP contribution is -2.44. The van der Waals surface area contributed by atoms with Crippen molar-refractivity contribution in [2.45, 2.75) is 52.0 Å². The predicted molar refractivity (Wildman–Crippen MR) is 99.7 cm³/mol. The third-order valence-corrected chi connectivity index (χ3v) is 6.60. The predicted octanol–water partition coefficient (Wildman–Crippen LogP) is 3.00. The van der Waals surface area contributed by atoms with E-state index in [2.05, 4.69) is 13.8 Å². The fraction of sp³-hybridized carbons (Fsp3) is 0.632. The number of amides is 1. The summed E-state index contributed by atoms with van der Waals surface area (Å²) >= 11 is 0. The van der Waals surface area contributed by atoms with Crippen molar-refractivity contribution < 1.29 is 17.9 Å². The van der Waals surface area contributed by atoms with Crippen LogP contribution in [0.3, 0.4) is 0 Å². The fourth-order valence-corrected chi connectivity index (χ4v) is 4.97. The van der Waals surface area contributed by atoms with Gasteiger partial charge in [0.15, 0.2) is 16.4 Å². The summed E-state index contributed by atoms with van der Waals surface area (Å²) in [5.41, 5.74) is 1.10. The van der Waals surface area contributed by atoms with Crippen molar-refractivity contribution >= 4 is 15.7 Å². The number of ether oxygens (including phenoxy) is 1. The van der Waals surface area contributed by atoms with E-state index in [0.717, 1.165) is 24.2 Å². The summed E-state index contributed by atoms with van der Waals surface area (Å²) in [5.74, 6) is 1.20. The van der Waals surface area contributed by atoms with Crippen molar-refractivity contribution in [1.82, 2.24) is 4.90 Å². The Balaban J connectivity index is 2.05. The van der Waals surface area contributed by atoms with Crippen LogP contribution in [0.1, 0.15) is 51.5 Å². The highest BCUT2D eigenvalue weighted by molar-refractivity contribution is 7.91. The first-order valence-corrected chi connectivity index (χ1v) is 10.9. The van der Waals surface area contributed by atoms with E-state index in [9.17, 15) is 13.2 Å². The molecule has 1 aliphatic heterocycles. The Labute approximate surface area is 151 Å². The van der Waals surface area contributed by atoms with Crippen LogP contribution >= 0.6 is 0 Å². The summed E-state index contributed by atoms with van der Waals surface area (Å²) in [7, 11) is -3.02. The highest BCUT2D eigenvalue weighted by Crippen LogP contribution is 2.28. The number of sulfone groups is 1. The smallest absolute Gasteiger partial charge is 0.260 e. The molecule has 2 unspecified atom stereocenters. The molecule has 1 amide bonds. The molecule has 5 nitrogen and oxygen atoms in total. The number of benzene rings is 1. The van der Waals surface area contributed by atoms with E-state index in [0.29, 0.717) is 18.9 Å². The van der Waals surface area contributed by atoms with Crippen LogP contribution in [0.25, 0.3) is 0 Å². The maximum atomic E-state index is 12.7. The minimum Gasteiger partial charge on any atom is -0.483 e. The summed E-state index contributed by atoms with van der Waals surface area (Å²) in [5, 5.41) is 0. The first-order valence-electron chi connectivity index (χ1n) is 9.09. The van der Waals surface area contributed by atoms with Gasteiger partial charge >= 0.3 is 0 Å². The summed E-state index contributed by atoms with van der Waals surface area (Å²) in [4.78, 5) is 14.4. The molecule has 0 aliphatic carbocycles. The zero-order valence-electron chi connectivity index (χ0n) is 15.4. The van der Waals surface area contributed by atoms with Crippen LogP contribution < -0.4 is 4.74 Å². The van der Waals surface area contributed by atoms with Crippen molar-refractivity contribution in [3.05, 3.63) is 29.8 Å². The van der Waals surface area contributed by atoms with E-state index in [-0.39, 0.29) is 30.1 Å². The van der Waals surface area contributed by atoms with Gasteiger partial charge in [0.2, 0.25) is 0 Å². The monoisotopic (exact) mass is 367 g/mol. The molecule has 25 heavy (non-hydrogen) atoms. The summed E-state index contributed by atoms with van der Waals surface area (Å²) < 4.78 is 29.3. The van der Waals surface area contributed by atoms with Crippen molar-refractivity contribution in [1.29, 1.82) is 0 Å². The van der Waals surface area contributed by atoms with Gasteiger partial charge in [-0.05, 0) is 36.8 Å². The van der Waals surface area contributed by atoms with Gasteiger partial charge in [-0.2, -0.15) is 0 Å². The molecule has 0 aromatic heterocycles. The van der Waals surface area contributed by atoms with Crippen LogP contribution in [0.4, 0.5) is 0 Å². The third-order valence-electron chi connectivity index (χ3n) is 4.85. The molecule has 0 spiro atoms. The first kappa shape index (κ1) is 19.8. The van der Waals surface area contributed by atoms with E-state index < -0.39 is 9.84 Å². The molecule has 1 heterocycles. The summed E-state index contributed by atoms with van der Waals surface area (Å²) in [6.07, 6.45) is 2.32. The minimum absolute atomic E-state index is 0.0516. The van der Waals surface area contributed by atoms with Gasteiger partial charge in [0.05, 0.1) is 11.5 Å². The Kier molecular flexibility index (Phi) is 6.87. The van der Waals surface area contributed by atoms with Gasteiger partial charge in [0.25, 0.3) is 5.91 Å². The molecule has 1 aromatic carbocycles. The van der Waals surface area contributed by atoms with E-state index in [1.54, 1.807) is 4.90 Å². The number of para-hydroxylation sites is 1. The number of hydrogen-bond donors (Lipinski definition) is 0. The van der Waals surface area contributed by atoms with E-state index in [1.807, 2.05) is 31.2 Å². The second-order valence-electron chi connectivity index (χ2n) is 6.78. The Morgan fingerprint density at radius 2 is 2.04 bits per heavy atom. The van der Waals surface area contributed by atoms with Gasteiger partial charge in [-0.3, -0.25) is 4.79 Å². The first-order chi connectivity index (χ1) is 11.9. The molecular formula is C19H29NO4S. The molecule has 0 N–H and O–H groups in total. The zero-order valence-corrected chi connectivity index (χ0v) is 16.2. The zero-order chi connectivity index (χ0) is 18.4. The van der Waals surface area contributed by atoms with Crippen LogP contribution in [-0.4, -0.2) is 49.9 Å². The Bertz CT molecular complexity index is 686. The quantitative estimate of drug-likeness (QED) is 0.708. The largest absolute Gasteiger partial charge is 0.483 e. The molecule has 2 atom stereocenters. The van der Waals surface area contributed by atoms with E-state index in [1.165, 1.54) is 0 Å². The second-order valence-corrected chi connectivity index (χ2v) is 9.01. The van der Waals surface area contributed by atoms with E-state index in [4.69, 9.17) is 4.74 Å². The van der Waals surface area contributed by atoms with Crippen molar-refractivity contribution in [2.75, 3.05) is 24.7 Å². The van der Waals surface area contributed by atoms with Crippen LogP contribution in [0.5, 0.6) is 5.75 Å². The average Bonchev–Trinajstić information content (AvgIpc) is 2.96. The van der Waals surface area contributed by atoms with Gasteiger partial charge < -0.3 is 9.64 Å². The molecule has 1 aromatic rings. The second kappa shape index (κ2) is 8.70. The van der Waals surface area contributed by atoms with Gasteiger partial charge in [0, 0.05) is 12.6 Å². The fourth-order valence-electron chi connectivity index (χ4n) is 3.23. The number of carbonyl (C=O) groups is 1. The Morgan fingerprint density at radius 1 is 1.32 bits per heavy atom. The average molecular weight is 368 g/mol. The molecule has 140 valence electrons. The molecule has 1 fully saturated rings. The van der Waals surface area contributed by atoms with Gasteiger partial charge in [-0.15, -0.1) is 0 Å². The highest BCUT2D eigenvalue weighted by atomic mass is 32.2. The molecule has 1 aliphatic rings. The number of hydrogen-bond acceptors (Lipinski definition) is 4. The van der Waals surface area contributed by atoms with Crippen LogP contribution in [0.15, 0.2) is 24.3 Å². The van der Waals surface area contributed by atoms with Crippen LogP contribution in [0.2, 0.25) is 0 Å². The Morgan fingerprint density at radius 3 is 2.64 bits per heavy atom. The molecule has 0 radical (unpaired) electrons. The van der Waals surface area contributed by atoms with Gasteiger partial charge in [0.1, 0.15) is 5.75 Å². The topological polar surface area (TPSA) is 63.7 Å². The maximum Gasteiger partial charge on any atom is 0.260 e.